The zero-order valence-corrected chi connectivity index (χ0v) is 15.3. The lowest BCUT2D eigenvalue weighted by molar-refractivity contribution is -0.150. The van der Waals surface area contributed by atoms with E-state index in [-0.39, 0.29) is 35.9 Å². The number of esters is 2. The first-order valence-electron chi connectivity index (χ1n) is 8.15. The van der Waals surface area contributed by atoms with E-state index in [0.717, 1.165) is 12.2 Å². The summed E-state index contributed by atoms with van der Waals surface area (Å²) in [6.07, 6.45) is 1.98. The summed E-state index contributed by atoms with van der Waals surface area (Å²) in [5.41, 5.74) is 0. The third-order valence-corrected chi connectivity index (χ3v) is 3.49. The van der Waals surface area contributed by atoms with Gasteiger partial charge in [-0.05, 0) is 23.7 Å². The second-order valence-electron chi connectivity index (χ2n) is 7.11. The van der Waals surface area contributed by atoms with Gasteiger partial charge < -0.3 is 9.47 Å². The van der Waals surface area contributed by atoms with E-state index in [0.29, 0.717) is 0 Å². The Balaban J connectivity index is 4.57. The van der Waals surface area contributed by atoms with Crippen molar-refractivity contribution >= 4 is 11.9 Å². The first-order chi connectivity index (χ1) is 10.1. The Bertz CT molecular complexity index is 329. The van der Waals surface area contributed by atoms with E-state index in [1.807, 2.05) is 55.4 Å². The highest BCUT2D eigenvalue weighted by molar-refractivity contribution is 5.91. The van der Waals surface area contributed by atoms with Crippen LogP contribution in [0.15, 0.2) is 12.2 Å². The molecule has 0 aromatic carbocycles. The van der Waals surface area contributed by atoms with E-state index in [9.17, 15) is 9.59 Å². The summed E-state index contributed by atoms with van der Waals surface area (Å²) >= 11 is 0. The lowest BCUT2D eigenvalue weighted by atomic mass is 9.96. The highest BCUT2D eigenvalue weighted by Crippen LogP contribution is 2.17. The highest BCUT2D eigenvalue weighted by Gasteiger charge is 2.22. The minimum Gasteiger partial charge on any atom is -0.459 e. The normalized spacial score (nSPS) is 12.5. The smallest absolute Gasteiger partial charge is 0.331 e. The van der Waals surface area contributed by atoms with Crippen LogP contribution in [-0.4, -0.2) is 24.1 Å². The van der Waals surface area contributed by atoms with Crippen LogP contribution in [0.4, 0.5) is 0 Å². The largest absolute Gasteiger partial charge is 0.459 e. The van der Waals surface area contributed by atoms with E-state index in [1.54, 1.807) is 0 Å². The Kier molecular flexibility index (Phi) is 9.07. The van der Waals surface area contributed by atoms with Gasteiger partial charge in [-0.25, -0.2) is 9.59 Å². The topological polar surface area (TPSA) is 52.6 Å². The maximum absolute atomic E-state index is 11.8. The van der Waals surface area contributed by atoms with Crippen LogP contribution in [0.25, 0.3) is 0 Å². The third kappa shape index (κ3) is 7.62. The van der Waals surface area contributed by atoms with Crippen LogP contribution in [0, 0.1) is 23.7 Å². The maximum Gasteiger partial charge on any atom is 0.331 e. The van der Waals surface area contributed by atoms with Gasteiger partial charge in [-0.15, -0.1) is 0 Å². The molecule has 0 amide bonds. The molecule has 128 valence electrons. The van der Waals surface area contributed by atoms with Gasteiger partial charge in [-0.2, -0.15) is 0 Å². The predicted molar refractivity (Wildman–Crippen MR) is 88.3 cm³/mol. The van der Waals surface area contributed by atoms with Crippen molar-refractivity contribution in [2.75, 3.05) is 0 Å². The number of hydrogen-bond donors (Lipinski definition) is 0. The van der Waals surface area contributed by atoms with Gasteiger partial charge in [0.05, 0.1) is 0 Å². The van der Waals surface area contributed by atoms with Crippen LogP contribution in [0.1, 0.15) is 55.4 Å². The summed E-state index contributed by atoms with van der Waals surface area (Å²) in [6, 6.07) is 0. The second-order valence-corrected chi connectivity index (χ2v) is 7.11. The van der Waals surface area contributed by atoms with E-state index < -0.39 is 11.9 Å². The van der Waals surface area contributed by atoms with Crippen molar-refractivity contribution < 1.29 is 19.1 Å². The molecule has 0 fully saturated rings. The number of ether oxygens (including phenoxy) is 2. The number of rotatable bonds is 8. The first-order valence-corrected chi connectivity index (χ1v) is 8.15. The molecule has 0 saturated heterocycles. The van der Waals surface area contributed by atoms with Crippen molar-refractivity contribution in [3.63, 3.8) is 0 Å². The van der Waals surface area contributed by atoms with Crippen LogP contribution in [-0.2, 0) is 19.1 Å². The van der Waals surface area contributed by atoms with E-state index in [4.69, 9.17) is 9.47 Å². The standard InChI is InChI=1S/C18H32O4/c1-11(2)17(12(3)4)21-15(19)9-10-16(20)22-18(13(5)6)14(7)8/h9-14,17-18H,1-8H3/b10-9-. The quantitative estimate of drug-likeness (QED) is 0.502. The van der Waals surface area contributed by atoms with Crippen molar-refractivity contribution in [2.24, 2.45) is 23.7 Å². The van der Waals surface area contributed by atoms with Crippen molar-refractivity contribution in [1.29, 1.82) is 0 Å². The molecule has 0 radical (unpaired) electrons. The van der Waals surface area contributed by atoms with Gasteiger partial charge in [0, 0.05) is 12.2 Å². The van der Waals surface area contributed by atoms with Crippen LogP contribution in [0.5, 0.6) is 0 Å². The number of carbonyl (C=O) groups is 2. The first kappa shape index (κ1) is 20.7. The molecule has 0 N–H and O–H groups in total. The zero-order chi connectivity index (χ0) is 17.4. The summed E-state index contributed by atoms with van der Waals surface area (Å²) in [5, 5.41) is 0. The molecule has 0 rings (SSSR count). The summed E-state index contributed by atoms with van der Waals surface area (Å²) in [6.45, 7) is 16.0. The molecule has 0 aromatic rings. The van der Waals surface area contributed by atoms with E-state index in [1.165, 1.54) is 0 Å². The molecule has 0 aliphatic carbocycles. The molecule has 0 aliphatic heterocycles. The van der Waals surface area contributed by atoms with Crippen molar-refractivity contribution in [3.05, 3.63) is 12.2 Å². The van der Waals surface area contributed by atoms with Gasteiger partial charge in [0.1, 0.15) is 12.2 Å². The van der Waals surface area contributed by atoms with Gasteiger partial charge in [-0.3, -0.25) is 0 Å². The number of carbonyl (C=O) groups excluding carboxylic acids is 2. The molecule has 0 saturated carbocycles. The third-order valence-electron chi connectivity index (χ3n) is 3.49. The molecule has 0 aromatic heterocycles. The Labute approximate surface area is 135 Å². The van der Waals surface area contributed by atoms with Crippen LogP contribution >= 0.6 is 0 Å². The van der Waals surface area contributed by atoms with Gasteiger partial charge in [0.2, 0.25) is 0 Å². The summed E-state index contributed by atoms with van der Waals surface area (Å²) in [4.78, 5) is 23.6. The average molecular weight is 312 g/mol. The fourth-order valence-corrected chi connectivity index (χ4v) is 2.57. The Morgan fingerprint density at radius 1 is 0.591 bits per heavy atom. The van der Waals surface area contributed by atoms with Gasteiger partial charge in [0.15, 0.2) is 0 Å². The second kappa shape index (κ2) is 9.65. The van der Waals surface area contributed by atoms with Crippen molar-refractivity contribution in [2.45, 2.75) is 67.6 Å². The van der Waals surface area contributed by atoms with Crippen LogP contribution in [0.2, 0.25) is 0 Å². The molecule has 0 heterocycles. The SMILES string of the molecule is CC(C)C(OC(=O)/C=C\C(=O)OC(C(C)C)C(C)C)C(C)C. The summed E-state index contributed by atoms with van der Waals surface area (Å²) in [5.74, 6) is -0.0813. The molecule has 4 heteroatoms. The van der Waals surface area contributed by atoms with Crippen molar-refractivity contribution in [3.8, 4) is 0 Å². The molecule has 22 heavy (non-hydrogen) atoms. The van der Waals surface area contributed by atoms with Crippen molar-refractivity contribution in [1.82, 2.24) is 0 Å². The Hall–Kier alpha value is -1.32. The number of hydrogen-bond acceptors (Lipinski definition) is 4. The monoisotopic (exact) mass is 312 g/mol. The minimum atomic E-state index is -0.505. The van der Waals surface area contributed by atoms with Crippen LogP contribution in [0.3, 0.4) is 0 Å². The Morgan fingerprint density at radius 2 is 0.818 bits per heavy atom. The zero-order valence-electron chi connectivity index (χ0n) is 15.3. The minimum absolute atomic E-state index is 0.160. The molecule has 0 aliphatic rings. The van der Waals surface area contributed by atoms with E-state index in [2.05, 4.69) is 0 Å². The summed E-state index contributed by atoms with van der Waals surface area (Å²) in [7, 11) is 0. The van der Waals surface area contributed by atoms with Gasteiger partial charge in [-0.1, -0.05) is 55.4 Å². The lowest BCUT2D eigenvalue weighted by Gasteiger charge is -2.24. The molecule has 0 bridgehead atoms. The molecular weight excluding hydrogens is 280 g/mol. The van der Waals surface area contributed by atoms with Gasteiger partial charge >= 0.3 is 11.9 Å². The lowest BCUT2D eigenvalue weighted by Crippen LogP contribution is -2.29. The summed E-state index contributed by atoms with van der Waals surface area (Å²) < 4.78 is 10.8. The molecule has 0 atom stereocenters. The maximum atomic E-state index is 11.8. The Morgan fingerprint density at radius 3 is 1.00 bits per heavy atom. The molecule has 0 spiro atoms. The van der Waals surface area contributed by atoms with Gasteiger partial charge in [0.25, 0.3) is 0 Å². The van der Waals surface area contributed by atoms with Crippen LogP contribution < -0.4 is 0 Å². The average Bonchev–Trinajstić information content (AvgIpc) is 2.38. The van der Waals surface area contributed by atoms with E-state index >= 15 is 0 Å². The highest BCUT2D eigenvalue weighted by atomic mass is 16.5. The molecular formula is C18H32O4. The fraction of sp³-hybridized carbons (Fsp3) is 0.778. The molecule has 0 unspecified atom stereocenters. The fourth-order valence-electron chi connectivity index (χ4n) is 2.57. The molecule has 4 nitrogen and oxygen atoms in total. The predicted octanol–water partition coefficient (Wildman–Crippen LogP) is 3.99.